The van der Waals surface area contributed by atoms with Crippen LogP contribution in [0.2, 0.25) is 0 Å². The van der Waals surface area contributed by atoms with Gasteiger partial charge in [0.2, 0.25) is 5.88 Å². The fourth-order valence-electron chi connectivity index (χ4n) is 2.39. The van der Waals surface area contributed by atoms with E-state index in [1.807, 2.05) is 19.0 Å². The third-order valence-electron chi connectivity index (χ3n) is 3.57. The number of ether oxygens (including phenoxy) is 1. The summed E-state index contributed by atoms with van der Waals surface area (Å²) in [4.78, 5) is 24.2. The first-order chi connectivity index (χ1) is 10.6. The zero-order valence-corrected chi connectivity index (χ0v) is 12.6. The lowest BCUT2D eigenvalue weighted by atomic mass is 10.3. The van der Waals surface area contributed by atoms with Crippen LogP contribution >= 0.6 is 0 Å². The highest BCUT2D eigenvalue weighted by atomic mass is 16.5. The number of carbonyl (C=O) groups is 1. The molecule has 1 atom stereocenters. The van der Waals surface area contributed by atoms with E-state index >= 15 is 0 Å². The maximum atomic E-state index is 12.2. The first-order valence-electron chi connectivity index (χ1n) is 7.11. The van der Waals surface area contributed by atoms with Gasteiger partial charge in [0.05, 0.1) is 18.4 Å². The van der Waals surface area contributed by atoms with Crippen molar-refractivity contribution in [3.63, 3.8) is 0 Å². The summed E-state index contributed by atoms with van der Waals surface area (Å²) in [5.41, 5.74) is 0.567. The zero-order chi connectivity index (χ0) is 15.5. The topological polar surface area (TPSA) is 71.7 Å². The first kappa shape index (κ1) is 14.4. The molecule has 3 rings (SSSR count). The summed E-state index contributed by atoms with van der Waals surface area (Å²) < 4.78 is 10.8. The number of aromatic nitrogens is 2. The number of amides is 1. The fourth-order valence-corrected chi connectivity index (χ4v) is 2.39. The van der Waals surface area contributed by atoms with Crippen molar-refractivity contribution in [1.29, 1.82) is 0 Å². The average Bonchev–Trinajstić information content (AvgIpc) is 3.18. The molecule has 0 N–H and O–H groups in total. The average molecular weight is 302 g/mol. The van der Waals surface area contributed by atoms with Crippen LogP contribution in [0.4, 0.5) is 5.82 Å². The Morgan fingerprint density at radius 1 is 1.45 bits per heavy atom. The van der Waals surface area contributed by atoms with Crippen LogP contribution in [0.3, 0.4) is 0 Å². The zero-order valence-electron chi connectivity index (χ0n) is 12.6. The standard InChI is InChI=1S/C15H18N4O3/c1-18(2)13-7-14(17-10-16-13)22-12-3-5-19(8-12)15(20)11-4-6-21-9-11/h4,6-7,9-10,12H,3,5,8H2,1-2H3. The summed E-state index contributed by atoms with van der Waals surface area (Å²) in [7, 11) is 3.82. The molecule has 2 aromatic heterocycles. The van der Waals surface area contributed by atoms with Gasteiger partial charge < -0.3 is 19.0 Å². The SMILES string of the molecule is CN(C)c1cc(OC2CCN(C(=O)c3ccoc3)C2)ncn1. The predicted octanol–water partition coefficient (Wildman–Crippen LogP) is 1.43. The Kier molecular flexibility index (Phi) is 3.95. The molecule has 3 heterocycles. The van der Waals surface area contributed by atoms with Gasteiger partial charge in [-0.2, -0.15) is 0 Å². The van der Waals surface area contributed by atoms with Crippen LogP contribution in [0.15, 0.2) is 35.4 Å². The van der Waals surface area contributed by atoms with Crippen LogP contribution in [0, 0.1) is 0 Å². The second-order valence-corrected chi connectivity index (χ2v) is 5.40. The summed E-state index contributed by atoms with van der Waals surface area (Å²) in [5, 5.41) is 0. The van der Waals surface area contributed by atoms with E-state index in [0.717, 1.165) is 12.2 Å². The maximum Gasteiger partial charge on any atom is 0.257 e. The molecule has 1 aliphatic rings. The summed E-state index contributed by atoms with van der Waals surface area (Å²) in [6.07, 6.45) is 5.17. The Labute approximate surface area is 128 Å². The molecule has 1 unspecified atom stereocenters. The Morgan fingerprint density at radius 3 is 3.05 bits per heavy atom. The predicted molar refractivity (Wildman–Crippen MR) is 80.0 cm³/mol. The van der Waals surface area contributed by atoms with Crippen LogP contribution < -0.4 is 9.64 Å². The largest absolute Gasteiger partial charge is 0.472 e. The van der Waals surface area contributed by atoms with E-state index in [9.17, 15) is 4.79 Å². The number of rotatable bonds is 4. The van der Waals surface area contributed by atoms with Gasteiger partial charge in [-0.25, -0.2) is 9.97 Å². The number of carbonyl (C=O) groups excluding carboxylic acids is 1. The second-order valence-electron chi connectivity index (χ2n) is 5.40. The summed E-state index contributed by atoms with van der Waals surface area (Å²) in [5.74, 6) is 1.28. The van der Waals surface area contributed by atoms with Gasteiger partial charge in [0.15, 0.2) is 0 Å². The molecule has 7 heteroatoms. The summed E-state index contributed by atoms with van der Waals surface area (Å²) in [6, 6.07) is 3.46. The Balaban J connectivity index is 1.61. The van der Waals surface area contributed by atoms with Gasteiger partial charge in [-0.05, 0) is 6.07 Å². The molecule has 22 heavy (non-hydrogen) atoms. The fraction of sp³-hybridized carbons (Fsp3) is 0.400. The summed E-state index contributed by atoms with van der Waals surface area (Å²) in [6.45, 7) is 1.21. The molecular formula is C15H18N4O3. The molecule has 1 amide bonds. The van der Waals surface area contributed by atoms with E-state index in [1.54, 1.807) is 17.0 Å². The molecule has 116 valence electrons. The van der Waals surface area contributed by atoms with E-state index < -0.39 is 0 Å². The lowest BCUT2D eigenvalue weighted by molar-refractivity contribution is 0.0770. The highest BCUT2D eigenvalue weighted by Crippen LogP contribution is 2.20. The molecule has 0 bridgehead atoms. The number of hydrogen-bond acceptors (Lipinski definition) is 6. The molecule has 1 saturated heterocycles. The van der Waals surface area contributed by atoms with E-state index in [2.05, 4.69) is 9.97 Å². The third-order valence-corrected chi connectivity index (χ3v) is 3.57. The van der Waals surface area contributed by atoms with Gasteiger partial charge in [0.1, 0.15) is 24.5 Å². The van der Waals surface area contributed by atoms with Crippen molar-refractivity contribution in [2.75, 3.05) is 32.1 Å². The maximum absolute atomic E-state index is 12.2. The van der Waals surface area contributed by atoms with Crippen LogP contribution in [-0.2, 0) is 0 Å². The van der Waals surface area contributed by atoms with Crippen molar-refractivity contribution in [2.45, 2.75) is 12.5 Å². The highest BCUT2D eigenvalue weighted by Gasteiger charge is 2.29. The van der Waals surface area contributed by atoms with Crippen molar-refractivity contribution in [1.82, 2.24) is 14.9 Å². The van der Waals surface area contributed by atoms with Crippen molar-refractivity contribution >= 4 is 11.7 Å². The molecule has 0 saturated carbocycles. The van der Waals surface area contributed by atoms with Gasteiger partial charge in [0, 0.05) is 33.1 Å². The Bertz CT molecular complexity index is 642. The van der Waals surface area contributed by atoms with Crippen LogP contribution in [0.1, 0.15) is 16.8 Å². The minimum Gasteiger partial charge on any atom is -0.472 e. The second kappa shape index (κ2) is 6.05. The van der Waals surface area contributed by atoms with E-state index in [-0.39, 0.29) is 12.0 Å². The van der Waals surface area contributed by atoms with Gasteiger partial charge in [0.25, 0.3) is 5.91 Å². The van der Waals surface area contributed by atoms with Gasteiger partial charge in [-0.1, -0.05) is 0 Å². The quantitative estimate of drug-likeness (QED) is 0.851. The number of hydrogen-bond donors (Lipinski definition) is 0. The van der Waals surface area contributed by atoms with Crippen LogP contribution in [0.5, 0.6) is 5.88 Å². The third kappa shape index (κ3) is 3.03. The van der Waals surface area contributed by atoms with Crippen LogP contribution in [-0.4, -0.2) is 54.1 Å². The molecule has 0 spiro atoms. The number of anilines is 1. The van der Waals surface area contributed by atoms with Gasteiger partial charge >= 0.3 is 0 Å². The van der Waals surface area contributed by atoms with Crippen molar-refractivity contribution in [3.05, 3.63) is 36.5 Å². The normalized spacial score (nSPS) is 17.5. The summed E-state index contributed by atoms with van der Waals surface area (Å²) >= 11 is 0. The molecule has 0 aliphatic carbocycles. The lowest BCUT2D eigenvalue weighted by Crippen LogP contribution is -2.30. The van der Waals surface area contributed by atoms with Crippen molar-refractivity contribution in [3.8, 4) is 5.88 Å². The molecule has 1 fully saturated rings. The molecular weight excluding hydrogens is 284 g/mol. The monoisotopic (exact) mass is 302 g/mol. The first-order valence-corrected chi connectivity index (χ1v) is 7.11. The minimum atomic E-state index is -0.0548. The number of likely N-dealkylation sites (tertiary alicyclic amines) is 1. The smallest absolute Gasteiger partial charge is 0.257 e. The van der Waals surface area contributed by atoms with Crippen molar-refractivity contribution in [2.24, 2.45) is 0 Å². The van der Waals surface area contributed by atoms with E-state index in [0.29, 0.717) is 24.5 Å². The van der Waals surface area contributed by atoms with Crippen LogP contribution in [0.25, 0.3) is 0 Å². The lowest BCUT2D eigenvalue weighted by Gasteiger charge is -2.17. The molecule has 0 radical (unpaired) electrons. The Morgan fingerprint density at radius 2 is 2.32 bits per heavy atom. The molecule has 2 aromatic rings. The van der Waals surface area contributed by atoms with Gasteiger partial charge in [-0.15, -0.1) is 0 Å². The van der Waals surface area contributed by atoms with E-state index in [1.165, 1.54) is 18.9 Å². The Hall–Kier alpha value is -2.57. The van der Waals surface area contributed by atoms with Gasteiger partial charge in [-0.3, -0.25) is 4.79 Å². The molecule has 7 nitrogen and oxygen atoms in total. The highest BCUT2D eigenvalue weighted by molar-refractivity contribution is 5.94. The van der Waals surface area contributed by atoms with E-state index in [4.69, 9.17) is 9.15 Å². The number of nitrogens with zero attached hydrogens (tertiary/aromatic N) is 4. The minimum absolute atomic E-state index is 0.0310. The van der Waals surface area contributed by atoms with Crippen molar-refractivity contribution < 1.29 is 13.9 Å². The number of furan rings is 1. The molecule has 1 aliphatic heterocycles. The molecule has 0 aromatic carbocycles.